The van der Waals surface area contributed by atoms with E-state index in [9.17, 15) is 4.79 Å². The molecule has 0 radical (unpaired) electrons. The molecule has 0 atom stereocenters. The Balaban J connectivity index is 2.43. The Bertz CT molecular complexity index is 781. The summed E-state index contributed by atoms with van der Waals surface area (Å²) in [5, 5.41) is 3.85. The van der Waals surface area contributed by atoms with Crippen molar-refractivity contribution in [2.45, 2.75) is 6.92 Å². The van der Waals surface area contributed by atoms with Crippen molar-refractivity contribution in [3.05, 3.63) is 48.4 Å². The predicted octanol–water partition coefficient (Wildman–Crippen LogP) is 2.83. The lowest BCUT2D eigenvalue weighted by molar-refractivity contribution is -0.138. The zero-order valence-electron chi connectivity index (χ0n) is 13.1. The van der Waals surface area contributed by atoms with Crippen LogP contribution in [0.15, 0.2) is 47.6 Å². The molecule has 1 aromatic heterocycles. The van der Waals surface area contributed by atoms with Gasteiger partial charge >= 0.3 is 5.97 Å². The van der Waals surface area contributed by atoms with Gasteiger partial charge in [0, 0.05) is 11.6 Å². The Labute approximate surface area is 134 Å². The summed E-state index contributed by atoms with van der Waals surface area (Å²) in [5.41, 5.74) is 1.67. The van der Waals surface area contributed by atoms with Crippen LogP contribution < -0.4 is 5.32 Å². The number of carbonyl (C=O) groups excluding carboxylic acids is 1. The molecule has 0 aliphatic heterocycles. The van der Waals surface area contributed by atoms with Gasteiger partial charge in [0.2, 0.25) is 0 Å². The molecule has 0 spiro atoms. The van der Waals surface area contributed by atoms with Crippen molar-refractivity contribution in [3.8, 4) is 0 Å². The number of hydrogen-bond donors (Lipinski definition) is 1. The van der Waals surface area contributed by atoms with E-state index in [-0.39, 0.29) is 12.5 Å². The number of ether oxygens (including phenoxy) is 1. The number of esters is 1. The van der Waals surface area contributed by atoms with E-state index in [1.54, 1.807) is 12.3 Å². The number of nitrogens with zero attached hydrogens (tertiary/aromatic N) is 3. The molecule has 23 heavy (non-hydrogen) atoms. The van der Waals surface area contributed by atoms with Crippen LogP contribution in [0.25, 0.3) is 16.5 Å². The quantitative estimate of drug-likeness (QED) is 0.504. The van der Waals surface area contributed by atoms with Crippen LogP contribution in [0.4, 0.5) is 5.82 Å². The Morgan fingerprint density at radius 2 is 2.17 bits per heavy atom. The maximum absolute atomic E-state index is 11.3. The van der Waals surface area contributed by atoms with Crippen molar-refractivity contribution in [2.24, 2.45) is 4.99 Å². The number of methoxy groups -OCH3 is 1. The number of nitrogens with one attached hydrogen (secondary N) is 1. The van der Waals surface area contributed by atoms with E-state index < -0.39 is 0 Å². The van der Waals surface area contributed by atoms with Gasteiger partial charge in [-0.2, -0.15) is 0 Å². The first-order valence-corrected chi connectivity index (χ1v) is 7.03. The van der Waals surface area contributed by atoms with Gasteiger partial charge in [0.15, 0.2) is 5.82 Å². The predicted molar refractivity (Wildman–Crippen MR) is 92.4 cm³/mol. The summed E-state index contributed by atoms with van der Waals surface area (Å²) in [4.78, 5) is 24.1. The molecule has 0 bridgehead atoms. The van der Waals surface area contributed by atoms with Gasteiger partial charge in [-0.3, -0.25) is 9.79 Å². The zero-order valence-corrected chi connectivity index (χ0v) is 13.1. The zero-order chi connectivity index (χ0) is 16.7. The topological polar surface area (TPSA) is 76.5 Å². The van der Waals surface area contributed by atoms with Gasteiger partial charge < -0.3 is 10.1 Å². The minimum atomic E-state index is -0.360. The molecule has 0 aliphatic rings. The molecule has 0 amide bonds. The fourth-order valence-corrected chi connectivity index (χ4v) is 1.94. The molecule has 0 saturated heterocycles. The minimum absolute atomic E-state index is 0.0417. The lowest BCUT2D eigenvalue weighted by Crippen LogP contribution is -2.16. The standard InChI is InChI=1S/C17H18N4O2/c1-12(7-6-10-18-2)16-20-14-9-5-4-8-13(14)17(21-16)19-11-15(22)23-3/h4-10H,2,11H2,1,3H3,(H,19,20,21). The number of benzene rings is 1. The lowest BCUT2D eigenvalue weighted by atomic mass is 10.2. The maximum atomic E-state index is 11.3. The van der Waals surface area contributed by atoms with Gasteiger partial charge in [0.05, 0.1) is 12.6 Å². The Morgan fingerprint density at radius 1 is 1.39 bits per heavy atom. The van der Waals surface area contributed by atoms with Gasteiger partial charge in [0.1, 0.15) is 12.4 Å². The SMILES string of the molecule is C=NC=CC=C(C)c1nc(NCC(=O)OC)c2ccccc2n1. The van der Waals surface area contributed by atoms with Gasteiger partial charge in [-0.1, -0.05) is 18.2 Å². The normalized spacial score (nSPS) is 11.7. The number of carbonyl (C=O) groups is 1. The molecule has 6 nitrogen and oxygen atoms in total. The fraction of sp³-hybridized carbons (Fsp3) is 0.176. The van der Waals surface area contributed by atoms with Crippen LogP contribution in [0.2, 0.25) is 0 Å². The minimum Gasteiger partial charge on any atom is -0.468 e. The number of para-hydroxylation sites is 1. The summed E-state index contributed by atoms with van der Waals surface area (Å²) in [6.45, 7) is 5.33. The van der Waals surface area contributed by atoms with E-state index in [0.717, 1.165) is 16.5 Å². The maximum Gasteiger partial charge on any atom is 0.325 e. The first-order valence-electron chi connectivity index (χ1n) is 7.03. The molecule has 1 N–H and O–H groups in total. The Kier molecular flexibility index (Phi) is 5.57. The summed E-state index contributed by atoms with van der Waals surface area (Å²) in [5.74, 6) is 0.806. The first-order chi connectivity index (χ1) is 11.2. The van der Waals surface area contributed by atoms with Crippen LogP contribution in [-0.4, -0.2) is 36.3 Å². The number of allylic oxidation sites excluding steroid dienone is 3. The number of hydrogen-bond acceptors (Lipinski definition) is 6. The molecule has 0 aliphatic carbocycles. The van der Waals surface area contributed by atoms with Gasteiger partial charge in [-0.15, -0.1) is 0 Å². The average molecular weight is 310 g/mol. The molecule has 118 valence electrons. The lowest BCUT2D eigenvalue weighted by Gasteiger charge is -2.10. The largest absolute Gasteiger partial charge is 0.468 e. The van der Waals surface area contributed by atoms with Crippen molar-refractivity contribution in [3.63, 3.8) is 0 Å². The second kappa shape index (κ2) is 7.84. The van der Waals surface area contributed by atoms with E-state index >= 15 is 0 Å². The molecular formula is C17H18N4O2. The van der Waals surface area contributed by atoms with E-state index in [1.807, 2.05) is 37.3 Å². The highest BCUT2D eigenvalue weighted by Crippen LogP contribution is 2.22. The van der Waals surface area contributed by atoms with Gasteiger partial charge in [-0.25, -0.2) is 9.97 Å². The molecular weight excluding hydrogens is 292 g/mol. The third-order valence-electron chi connectivity index (χ3n) is 3.12. The number of aliphatic imine (C=N–C) groups is 1. The van der Waals surface area contributed by atoms with Crippen LogP contribution in [0.1, 0.15) is 12.7 Å². The van der Waals surface area contributed by atoms with Crippen LogP contribution >= 0.6 is 0 Å². The molecule has 0 unspecified atom stereocenters. The van der Waals surface area contributed by atoms with Crippen molar-refractivity contribution in [1.82, 2.24) is 9.97 Å². The Morgan fingerprint density at radius 3 is 2.91 bits per heavy atom. The van der Waals surface area contributed by atoms with Crippen molar-refractivity contribution in [1.29, 1.82) is 0 Å². The molecule has 0 saturated carbocycles. The molecule has 6 heteroatoms. The molecule has 2 rings (SSSR count). The van der Waals surface area contributed by atoms with E-state index in [1.165, 1.54) is 7.11 Å². The van der Waals surface area contributed by atoms with Crippen LogP contribution in [-0.2, 0) is 9.53 Å². The van der Waals surface area contributed by atoms with E-state index in [4.69, 9.17) is 0 Å². The summed E-state index contributed by atoms with van der Waals surface area (Å²) in [6.07, 6.45) is 5.20. The van der Waals surface area contributed by atoms with Crippen LogP contribution in [0.5, 0.6) is 0 Å². The third kappa shape index (κ3) is 4.23. The number of fused-ring (bicyclic) bond motifs is 1. The van der Waals surface area contributed by atoms with E-state index in [2.05, 4.69) is 31.7 Å². The van der Waals surface area contributed by atoms with Gasteiger partial charge in [0.25, 0.3) is 0 Å². The highest BCUT2D eigenvalue weighted by atomic mass is 16.5. The second-order valence-corrected chi connectivity index (χ2v) is 4.72. The van der Waals surface area contributed by atoms with Crippen molar-refractivity contribution >= 4 is 35.0 Å². The second-order valence-electron chi connectivity index (χ2n) is 4.72. The fourth-order valence-electron chi connectivity index (χ4n) is 1.94. The third-order valence-corrected chi connectivity index (χ3v) is 3.12. The average Bonchev–Trinajstić information content (AvgIpc) is 2.59. The molecule has 0 fully saturated rings. The number of anilines is 1. The number of aromatic nitrogens is 2. The summed E-state index contributed by atoms with van der Waals surface area (Å²) >= 11 is 0. The van der Waals surface area contributed by atoms with Crippen LogP contribution in [0.3, 0.4) is 0 Å². The smallest absolute Gasteiger partial charge is 0.325 e. The van der Waals surface area contributed by atoms with E-state index in [0.29, 0.717) is 11.6 Å². The van der Waals surface area contributed by atoms with Gasteiger partial charge in [-0.05, 0) is 37.4 Å². The molecule has 1 aromatic carbocycles. The highest BCUT2D eigenvalue weighted by Gasteiger charge is 2.09. The first kappa shape index (κ1) is 16.4. The summed E-state index contributed by atoms with van der Waals surface area (Å²) in [7, 11) is 1.35. The monoisotopic (exact) mass is 310 g/mol. The number of rotatable bonds is 6. The Hall–Kier alpha value is -3.02. The summed E-state index contributed by atoms with van der Waals surface area (Å²) in [6, 6.07) is 7.61. The summed E-state index contributed by atoms with van der Waals surface area (Å²) < 4.78 is 4.65. The van der Waals surface area contributed by atoms with Crippen LogP contribution in [0, 0.1) is 0 Å². The van der Waals surface area contributed by atoms with Crippen molar-refractivity contribution in [2.75, 3.05) is 19.0 Å². The molecule has 1 heterocycles. The van der Waals surface area contributed by atoms with Crippen molar-refractivity contribution < 1.29 is 9.53 Å². The molecule has 2 aromatic rings. The highest BCUT2D eigenvalue weighted by molar-refractivity contribution is 5.91.